The Hall–Kier alpha value is -2.45. The van der Waals surface area contributed by atoms with E-state index in [0.717, 1.165) is 37.8 Å². The molecule has 0 N–H and O–H groups in total. The molecule has 0 unspecified atom stereocenters. The molecular formula is C18H14ClF2N3. The fourth-order valence-corrected chi connectivity index (χ4v) is 2.84. The van der Waals surface area contributed by atoms with E-state index in [-0.39, 0.29) is 5.69 Å². The highest BCUT2D eigenvalue weighted by Crippen LogP contribution is 2.25. The Kier molecular flexibility index (Phi) is 4.77. The maximum atomic E-state index is 13.3. The molecule has 0 bridgehead atoms. The third kappa shape index (κ3) is 3.55. The van der Waals surface area contributed by atoms with Gasteiger partial charge in [0.25, 0.3) is 0 Å². The molecule has 3 rings (SSSR count). The minimum absolute atomic E-state index is 0.220. The van der Waals surface area contributed by atoms with Gasteiger partial charge in [-0.3, -0.25) is 0 Å². The maximum Gasteiger partial charge on any atom is 0.161 e. The van der Waals surface area contributed by atoms with E-state index in [1.165, 1.54) is 11.6 Å². The van der Waals surface area contributed by atoms with Crippen LogP contribution >= 0.6 is 11.6 Å². The van der Waals surface area contributed by atoms with Gasteiger partial charge >= 0.3 is 0 Å². The van der Waals surface area contributed by atoms with Crippen molar-refractivity contribution in [3.63, 3.8) is 0 Å². The van der Waals surface area contributed by atoms with Crippen molar-refractivity contribution in [3.05, 3.63) is 63.8 Å². The summed E-state index contributed by atoms with van der Waals surface area (Å²) >= 11 is 5.90. The normalized spacial score (nSPS) is 14.4. The largest absolute Gasteiger partial charge is 0.356 e. The van der Waals surface area contributed by atoms with Crippen molar-refractivity contribution in [2.45, 2.75) is 12.8 Å². The predicted molar refractivity (Wildman–Crippen MR) is 89.7 cm³/mol. The van der Waals surface area contributed by atoms with Crippen LogP contribution in [0, 0.1) is 23.0 Å². The molecule has 0 aliphatic carbocycles. The molecular weight excluding hydrogens is 332 g/mol. The Morgan fingerprint density at radius 2 is 1.88 bits per heavy atom. The molecule has 3 nitrogen and oxygen atoms in total. The van der Waals surface area contributed by atoms with Gasteiger partial charge in [-0.1, -0.05) is 29.3 Å². The summed E-state index contributed by atoms with van der Waals surface area (Å²) in [6.45, 7) is 1.49. The van der Waals surface area contributed by atoms with Gasteiger partial charge in [0.05, 0.1) is 5.02 Å². The molecule has 0 atom stereocenters. The van der Waals surface area contributed by atoms with Crippen LogP contribution in [0.4, 0.5) is 14.6 Å². The topological polar surface area (TPSA) is 39.9 Å². The smallest absolute Gasteiger partial charge is 0.161 e. The first-order valence-corrected chi connectivity index (χ1v) is 7.90. The Morgan fingerprint density at radius 1 is 1.12 bits per heavy atom. The van der Waals surface area contributed by atoms with Crippen LogP contribution in [-0.2, 0) is 0 Å². The number of hydrogen-bond acceptors (Lipinski definition) is 3. The number of hydrogen-bond donors (Lipinski definition) is 0. The number of rotatable bonds is 2. The van der Waals surface area contributed by atoms with E-state index in [0.29, 0.717) is 10.6 Å². The molecule has 1 fully saturated rings. The molecule has 1 saturated heterocycles. The lowest BCUT2D eigenvalue weighted by Crippen LogP contribution is -2.31. The summed E-state index contributed by atoms with van der Waals surface area (Å²) in [5.41, 5.74) is 2.05. The second-order valence-electron chi connectivity index (χ2n) is 5.57. The van der Waals surface area contributed by atoms with Gasteiger partial charge in [-0.25, -0.2) is 13.8 Å². The van der Waals surface area contributed by atoms with Gasteiger partial charge in [0, 0.05) is 13.1 Å². The standard InChI is InChI=1S/C18H14ClF2N3/c19-14-2-4-18(23-17(14)11-22)24-7-5-12(6-8-24)9-13-1-3-15(20)16(21)10-13/h1-4,9-10H,5-8H2. The first-order valence-electron chi connectivity index (χ1n) is 7.53. The number of anilines is 1. The molecule has 0 spiro atoms. The predicted octanol–water partition coefficient (Wildman–Crippen LogP) is 4.57. The highest BCUT2D eigenvalue weighted by atomic mass is 35.5. The third-order valence-corrected chi connectivity index (χ3v) is 4.29. The van der Waals surface area contributed by atoms with Gasteiger partial charge in [-0.15, -0.1) is 0 Å². The number of pyridine rings is 1. The monoisotopic (exact) mass is 345 g/mol. The molecule has 2 aromatic rings. The lowest BCUT2D eigenvalue weighted by Gasteiger charge is -2.29. The summed E-state index contributed by atoms with van der Waals surface area (Å²) in [6.07, 6.45) is 3.49. The molecule has 24 heavy (non-hydrogen) atoms. The molecule has 0 saturated carbocycles. The van der Waals surface area contributed by atoms with Crippen molar-refractivity contribution in [2.24, 2.45) is 0 Å². The Bertz CT molecular complexity index is 833. The fourth-order valence-electron chi connectivity index (χ4n) is 2.69. The number of aromatic nitrogens is 1. The van der Waals surface area contributed by atoms with Crippen LogP contribution < -0.4 is 4.90 Å². The van der Waals surface area contributed by atoms with E-state index >= 15 is 0 Å². The first-order chi connectivity index (χ1) is 11.6. The van der Waals surface area contributed by atoms with E-state index in [1.54, 1.807) is 18.2 Å². The zero-order valence-corrected chi connectivity index (χ0v) is 13.5. The molecule has 1 aliphatic heterocycles. The molecule has 1 aliphatic rings. The zero-order valence-electron chi connectivity index (χ0n) is 12.8. The Labute approximate surface area is 143 Å². The van der Waals surface area contributed by atoms with Gasteiger partial charge in [0.2, 0.25) is 0 Å². The number of benzene rings is 1. The van der Waals surface area contributed by atoms with Gasteiger partial charge in [0.1, 0.15) is 11.9 Å². The molecule has 0 radical (unpaired) electrons. The molecule has 2 heterocycles. The Morgan fingerprint density at radius 3 is 2.54 bits per heavy atom. The average Bonchev–Trinajstić information content (AvgIpc) is 2.59. The minimum Gasteiger partial charge on any atom is -0.356 e. The van der Waals surface area contributed by atoms with Crippen LogP contribution in [0.2, 0.25) is 5.02 Å². The second kappa shape index (κ2) is 6.98. The van der Waals surface area contributed by atoms with Crippen LogP contribution in [0.15, 0.2) is 35.9 Å². The third-order valence-electron chi connectivity index (χ3n) is 3.98. The summed E-state index contributed by atoms with van der Waals surface area (Å²) in [5.74, 6) is -0.951. The van der Waals surface area contributed by atoms with E-state index < -0.39 is 11.6 Å². The molecule has 122 valence electrons. The minimum atomic E-state index is -0.839. The number of halogens is 3. The quantitative estimate of drug-likeness (QED) is 0.800. The lowest BCUT2D eigenvalue weighted by molar-refractivity contribution is 0.508. The summed E-state index contributed by atoms with van der Waals surface area (Å²) in [6, 6.07) is 9.36. The summed E-state index contributed by atoms with van der Waals surface area (Å²) in [5, 5.41) is 9.35. The van der Waals surface area contributed by atoms with Crippen molar-refractivity contribution in [2.75, 3.05) is 18.0 Å². The van der Waals surface area contributed by atoms with Crippen molar-refractivity contribution in [1.82, 2.24) is 4.98 Å². The van der Waals surface area contributed by atoms with Gasteiger partial charge in [-0.05, 0) is 42.7 Å². The van der Waals surface area contributed by atoms with Crippen molar-refractivity contribution < 1.29 is 8.78 Å². The molecule has 0 amide bonds. The summed E-state index contributed by atoms with van der Waals surface area (Å²) < 4.78 is 26.2. The van der Waals surface area contributed by atoms with E-state index in [9.17, 15) is 8.78 Å². The van der Waals surface area contributed by atoms with Crippen LogP contribution in [0.3, 0.4) is 0 Å². The van der Waals surface area contributed by atoms with E-state index in [2.05, 4.69) is 9.88 Å². The van der Waals surface area contributed by atoms with E-state index in [4.69, 9.17) is 16.9 Å². The number of piperidine rings is 1. The molecule has 1 aromatic carbocycles. The van der Waals surface area contributed by atoms with Crippen LogP contribution in [-0.4, -0.2) is 18.1 Å². The number of nitriles is 1. The first kappa shape index (κ1) is 16.4. The van der Waals surface area contributed by atoms with Crippen molar-refractivity contribution >= 4 is 23.5 Å². The molecule has 6 heteroatoms. The lowest BCUT2D eigenvalue weighted by atomic mass is 10.0. The van der Waals surface area contributed by atoms with Gasteiger partial charge in [0.15, 0.2) is 17.3 Å². The average molecular weight is 346 g/mol. The molecule has 1 aromatic heterocycles. The fraction of sp³-hybridized carbons (Fsp3) is 0.222. The van der Waals surface area contributed by atoms with Crippen molar-refractivity contribution in [1.29, 1.82) is 5.26 Å². The van der Waals surface area contributed by atoms with Gasteiger partial charge in [-0.2, -0.15) is 5.26 Å². The summed E-state index contributed by atoms with van der Waals surface area (Å²) in [4.78, 5) is 6.35. The van der Waals surface area contributed by atoms with Crippen LogP contribution in [0.1, 0.15) is 24.1 Å². The second-order valence-corrected chi connectivity index (χ2v) is 5.98. The summed E-state index contributed by atoms with van der Waals surface area (Å²) in [7, 11) is 0. The number of nitrogens with zero attached hydrogens (tertiary/aromatic N) is 3. The maximum absolute atomic E-state index is 13.3. The Balaban J connectivity index is 1.70. The SMILES string of the molecule is N#Cc1nc(N2CCC(=Cc3ccc(F)c(F)c3)CC2)ccc1Cl. The zero-order chi connectivity index (χ0) is 17.1. The van der Waals surface area contributed by atoms with Gasteiger partial charge < -0.3 is 4.90 Å². The van der Waals surface area contributed by atoms with Crippen LogP contribution in [0.25, 0.3) is 6.08 Å². The highest BCUT2D eigenvalue weighted by molar-refractivity contribution is 6.31. The van der Waals surface area contributed by atoms with E-state index in [1.807, 2.05) is 12.1 Å². The highest BCUT2D eigenvalue weighted by Gasteiger charge is 2.16. The van der Waals surface area contributed by atoms with Crippen LogP contribution in [0.5, 0.6) is 0 Å². The van der Waals surface area contributed by atoms with Crippen molar-refractivity contribution in [3.8, 4) is 6.07 Å².